The van der Waals surface area contributed by atoms with Crippen molar-refractivity contribution >= 4 is 11.8 Å². The first-order valence-corrected chi connectivity index (χ1v) is 9.49. The third-order valence-corrected chi connectivity index (χ3v) is 4.91. The second-order valence-corrected chi connectivity index (χ2v) is 6.93. The van der Waals surface area contributed by atoms with Crippen LogP contribution in [-0.4, -0.2) is 35.8 Å². The Morgan fingerprint density at radius 2 is 1.67 bits per heavy atom. The predicted molar refractivity (Wildman–Crippen MR) is 103 cm³/mol. The SMILES string of the molecule is O=C(CCc1ccccc1F)NC(Cc1ccccc1)C(=O)N1CCCC1. The molecule has 0 aliphatic carbocycles. The second kappa shape index (κ2) is 9.31. The van der Waals surface area contributed by atoms with Gasteiger partial charge in [-0.15, -0.1) is 0 Å². The monoisotopic (exact) mass is 368 g/mol. The Morgan fingerprint density at radius 1 is 1.00 bits per heavy atom. The molecule has 0 bridgehead atoms. The van der Waals surface area contributed by atoms with E-state index in [0.717, 1.165) is 31.5 Å². The number of aryl methyl sites for hydroxylation is 1. The number of amides is 2. The molecule has 1 aliphatic heterocycles. The van der Waals surface area contributed by atoms with Crippen molar-refractivity contribution in [3.8, 4) is 0 Å². The van der Waals surface area contributed by atoms with Gasteiger partial charge in [-0.05, 0) is 36.5 Å². The lowest BCUT2D eigenvalue weighted by Gasteiger charge is -2.24. The zero-order valence-electron chi connectivity index (χ0n) is 15.4. The third kappa shape index (κ3) is 5.39. The number of benzene rings is 2. The molecule has 0 aromatic heterocycles. The highest BCUT2D eigenvalue weighted by Gasteiger charge is 2.27. The molecule has 1 aliphatic rings. The summed E-state index contributed by atoms with van der Waals surface area (Å²) in [6.45, 7) is 1.49. The van der Waals surface area contributed by atoms with Gasteiger partial charge in [0.05, 0.1) is 0 Å². The highest BCUT2D eigenvalue weighted by Crippen LogP contribution is 2.13. The molecule has 1 heterocycles. The van der Waals surface area contributed by atoms with Crippen LogP contribution in [0.5, 0.6) is 0 Å². The number of hydrogen-bond donors (Lipinski definition) is 1. The van der Waals surface area contributed by atoms with Gasteiger partial charge in [-0.25, -0.2) is 4.39 Å². The molecule has 1 atom stereocenters. The van der Waals surface area contributed by atoms with Crippen LogP contribution in [0.15, 0.2) is 54.6 Å². The molecule has 5 heteroatoms. The minimum atomic E-state index is -0.585. The first-order chi connectivity index (χ1) is 13.1. The fraction of sp³-hybridized carbons (Fsp3) is 0.364. The first kappa shape index (κ1) is 19.1. The van der Waals surface area contributed by atoms with Crippen LogP contribution < -0.4 is 5.32 Å². The number of carbonyl (C=O) groups excluding carboxylic acids is 2. The number of hydrogen-bond acceptors (Lipinski definition) is 2. The van der Waals surface area contributed by atoms with Crippen LogP contribution in [0.4, 0.5) is 4.39 Å². The van der Waals surface area contributed by atoms with Crippen molar-refractivity contribution in [2.45, 2.75) is 38.1 Å². The van der Waals surface area contributed by atoms with Crippen molar-refractivity contribution in [1.29, 1.82) is 0 Å². The van der Waals surface area contributed by atoms with Gasteiger partial charge in [0, 0.05) is 25.9 Å². The summed E-state index contributed by atoms with van der Waals surface area (Å²) < 4.78 is 13.7. The molecule has 2 aromatic carbocycles. The van der Waals surface area contributed by atoms with Crippen molar-refractivity contribution in [2.24, 2.45) is 0 Å². The van der Waals surface area contributed by atoms with E-state index in [0.29, 0.717) is 18.4 Å². The zero-order valence-corrected chi connectivity index (χ0v) is 15.4. The zero-order chi connectivity index (χ0) is 19.1. The van der Waals surface area contributed by atoms with E-state index in [1.807, 2.05) is 35.2 Å². The maximum atomic E-state index is 13.7. The van der Waals surface area contributed by atoms with E-state index in [1.165, 1.54) is 6.07 Å². The van der Waals surface area contributed by atoms with Crippen LogP contribution in [0.3, 0.4) is 0 Å². The van der Waals surface area contributed by atoms with Crippen LogP contribution in [0, 0.1) is 5.82 Å². The van der Waals surface area contributed by atoms with E-state index < -0.39 is 6.04 Å². The molecule has 1 saturated heterocycles. The summed E-state index contributed by atoms with van der Waals surface area (Å²) in [5.41, 5.74) is 1.52. The lowest BCUT2D eigenvalue weighted by atomic mass is 10.0. The summed E-state index contributed by atoms with van der Waals surface area (Å²) in [4.78, 5) is 27.1. The van der Waals surface area contributed by atoms with E-state index in [4.69, 9.17) is 0 Å². The number of halogens is 1. The van der Waals surface area contributed by atoms with Gasteiger partial charge in [0.2, 0.25) is 11.8 Å². The second-order valence-electron chi connectivity index (χ2n) is 6.93. The molecule has 4 nitrogen and oxygen atoms in total. The van der Waals surface area contributed by atoms with Crippen LogP contribution in [0.25, 0.3) is 0 Å². The lowest BCUT2D eigenvalue weighted by molar-refractivity contribution is -0.135. The van der Waals surface area contributed by atoms with Crippen LogP contribution in [-0.2, 0) is 22.4 Å². The fourth-order valence-electron chi connectivity index (χ4n) is 3.42. The minimum Gasteiger partial charge on any atom is -0.344 e. The van der Waals surface area contributed by atoms with Gasteiger partial charge in [0.15, 0.2) is 0 Å². The van der Waals surface area contributed by atoms with Crippen molar-refractivity contribution in [3.63, 3.8) is 0 Å². The minimum absolute atomic E-state index is 0.0319. The summed E-state index contributed by atoms with van der Waals surface area (Å²) >= 11 is 0. The highest BCUT2D eigenvalue weighted by molar-refractivity contribution is 5.88. The van der Waals surface area contributed by atoms with Crippen molar-refractivity contribution in [3.05, 3.63) is 71.5 Å². The molecule has 0 saturated carbocycles. The molecule has 2 amide bonds. The van der Waals surface area contributed by atoms with E-state index in [9.17, 15) is 14.0 Å². The number of likely N-dealkylation sites (tertiary alicyclic amines) is 1. The highest BCUT2D eigenvalue weighted by atomic mass is 19.1. The Balaban J connectivity index is 1.63. The Bertz CT molecular complexity index is 773. The summed E-state index contributed by atoms with van der Waals surface area (Å²) in [6.07, 6.45) is 2.94. The summed E-state index contributed by atoms with van der Waals surface area (Å²) in [5, 5.41) is 2.88. The molecular weight excluding hydrogens is 343 g/mol. The van der Waals surface area contributed by atoms with Crippen molar-refractivity contribution in [2.75, 3.05) is 13.1 Å². The van der Waals surface area contributed by atoms with Gasteiger partial charge >= 0.3 is 0 Å². The maximum absolute atomic E-state index is 13.7. The Morgan fingerprint density at radius 3 is 2.37 bits per heavy atom. The lowest BCUT2D eigenvalue weighted by Crippen LogP contribution is -2.49. The predicted octanol–water partition coefficient (Wildman–Crippen LogP) is 3.11. The molecule has 0 spiro atoms. The largest absolute Gasteiger partial charge is 0.344 e. The molecule has 2 aromatic rings. The number of nitrogens with zero attached hydrogens (tertiary/aromatic N) is 1. The van der Waals surface area contributed by atoms with Gasteiger partial charge in [0.1, 0.15) is 11.9 Å². The Labute approximate surface area is 159 Å². The van der Waals surface area contributed by atoms with Crippen LogP contribution >= 0.6 is 0 Å². The molecule has 1 N–H and O–H groups in total. The van der Waals surface area contributed by atoms with Gasteiger partial charge in [0.25, 0.3) is 0 Å². The van der Waals surface area contributed by atoms with Gasteiger partial charge < -0.3 is 10.2 Å². The quantitative estimate of drug-likeness (QED) is 0.816. The molecular formula is C22H25FN2O2. The molecule has 142 valence electrons. The van der Waals surface area contributed by atoms with Gasteiger partial charge in [-0.3, -0.25) is 9.59 Å². The van der Waals surface area contributed by atoms with Crippen LogP contribution in [0.1, 0.15) is 30.4 Å². The first-order valence-electron chi connectivity index (χ1n) is 9.49. The summed E-state index contributed by atoms with van der Waals surface area (Å²) in [7, 11) is 0. The molecule has 3 rings (SSSR count). The average Bonchev–Trinajstić information content (AvgIpc) is 3.22. The van der Waals surface area contributed by atoms with Gasteiger partial charge in [-0.1, -0.05) is 48.5 Å². The van der Waals surface area contributed by atoms with Crippen LogP contribution in [0.2, 0.25) is 0 Å². The summed E-state index contributed by atoms with van der Waals surface area (Å²) in [6, 6.07) is 15.5. The topological polar surface area (TPSA) is 49.4 Å². The van der Waals surface area contributed by atoms with E-state index in [2.05, 4.69) is 5.32 Å². The Kier molecular flexibility index (Phi) is 6.58. The standard InChI is InChI=1S/C22H25FN2O2/c23-19-11-5-4-10-18(19)12-13-21(26)24-20(16-17-8-2-1-3-9-17)22(27)25-14-6-7-15-25/h1-5,8-11,20H,6-7,12-16H2,(H,24,26). The van der Waals surface area contributed by atoms with E-state index in [1.54, 1.807) is 18.2 Å². The fourth-order valence-corrected chi connectivity index (χ4v) is 3.42. The van der Waals surface area contributed by atoms with Crippen molar-refractivity contribution in [1.82, 2.24) is 10.2 Å². The number of rotatable bonds is 7. The Hall–Kier alpha value is -2.69. The van der Waals surface area contributed by atoms with Gasteiger partial charge in [-0.2, -0.15) is 0 Å². The number of carbonyl (C=O) groups is 2. The average molecular weight is 368 g/mol. The number of nitrogens with one attached hydrogen (secondary N) is 1. The molecule has 1 unspecified atom stereocenters. The molecule has 27 heavy (non-hydrogen) atoms. The normalized spacial score (nSPS) is 14.8. The summed E-state index contributed by atoms with van der Waals surface area (Å²) in [5.74, 6) is -0.568. The third-order valence-electron chi connectivity index (χ3n) is 4.91. The molecule has 1 fully saturated rings. The molecule has 0 radical (unpaired) electrons. The smallest absolute Gasteiger partial charge is 0.245 e. The van der Waals surface area contributed by atoms with Crippen molar-refractivity contribution < 1.29 is 14.0 Å². The van der Waals surface area contributed by atoms with E-state index in [-0.39, 0.29) is 24.1 Å². The van der Waals surface area contributed by atoms with E-state index >= 15 is 0 Å². The maximum Gasteiger partial charge on any atom is 0.245 e.